The maximum Gasteiger partial charge on any atom is 0.305 e. The number of allylic oxidation sites excluding steroid dienone is 1. The Balaban J connectivity index is 1.60. The first kappa shape index (κ1) is 16.1. The van der Waals surface area contributed by atoms with Gasteiger partial charge in [-0.2, -0.15) is 0 Å². The minimum absolute atomic E-state index is 0.141. The number of fused-ring (bicyclic) bond motifs is 1. The summed E-state index contributed by atoms with van der Waals surface area (Å²) in [5.74, 6) is -0.568. The summed E-state index contributed by atoms with van der Waals surface area (Å²) >= 11 is 0. The van der Waals surface area contributed by atoms with Gasteiger partial charge in [0.15, 0.2) is 5.76 Å². The van der Waals surface area contributed by atoms with Gasteiger partial charge in [0.2, 0.25) is 11.5 Å². The van der Waals surface area contributed by atoms with E-state index in [4.69, 9.17) is 9.47 Å². The van der Waals surface area contributed by atoms with E-state index in [1.165, 1.54) is 0 Å². The standard InChI is InChI=1S/C26H16O3/c27-23-20-15-7-9-17-10-8-16-21(22(17)20)24-25(23)29-26(28-24,18-11-3-1-4-12-18)19-13-5-2-6-14-19/h1-16H. The zero-order valence-electron chi connectivity index (χ0n) is 15.5. The van der Waals surface area contributed by atoms with Gasteiger partial charge in [0, 0.05) is 27.6 Å². The highest BCUT2D eigenvalue weighted by molar-refractivity contribution is 6.23. The van der Waals surface area contributed by atoms with Crippen molar-refractivity contribution in [3.8, 4) is 0 Å². The highest BCUT2D eigenvalue weighted by Gasteiger charge is 2.50. The number of ketones is 1. The summed E-state index contributed by atoms with van der Waals surface area (Å²) in [7, 11) is 0. The van der Waals surface area contributed by atoms with Crippen LogP contribution in [0.1, 0.15) is 27.0 Å². The van der Waals surface area contributed by atoms with Gasteiger partial charge in [0.25, 0.3) is 0 Å². The number of Topliss-reactive ketones (excluding diaryl/α,β-unsaturated/α-hetero) is 1. The Kier molecular flexibility index (Phi) is 3.24. The van der Waals surface area contributed by atoms with Crippen molar-refractivity contribution in [1.29, 1.82) is 0 Å². The second kappa shape index (κ2) is 5.82. The van der Waals surface area contributed by atoms with Gasteiger partial charge >= 0.3 is 5.79 Å². The van der Waals surface area contributed by atoms with E-state index in [0.717, 1.165) is 27.5 Å². The van der Waals surface area contributed by atoms with Gasteiger partial charge in [-0.3, -0.25) is 4.79 Å². The molecule has 4 aromatic rings. The Morgan fingerprint density at radius 2 is 1.10 bits per heavy atom. The molecular formula is C26H16O3. The molecule has 0 saturated heterocycles. The summed E-state index contributed by atoms with van der Waals surface area (Å²) in [6.45, 7) is 0. The number of benzene rings is 4. The second-order valence-electron chi connectivity index (χ2n) is 7.25. The summed E-state index contributed by atoms with van der Waals surface area (Å²) in [5.41, 5.74) is 3.22. The minimum Gasteiger partial charge on any atom is -0.439 e. The smallest absolute Gasteiger partial charge is 0.305 e. The molecule has 0 unspecified atom stereocenters. The van der Waals surface area contributed by atoms with E-state index in [1.807, 2.05) is 97.1 Å². The summed E-state index contributed by atoms with van der Waals surface area (Å²) < 4.78 is 13.0. The Labute approximate surface area is 167 Å². The molecule has 138 valence electrons. The van der Waals surface area contributed by atoms with Crippen molar-refractivity contribution in [3.05, 3.63) is 125 Å². The van der Waals surface area contributed by atoms with E-state index in [2.05, 4.69) is 0 Å². The van der Waals surface area contributed by atoms with Crippen LogP contribution in [-0.4, -0.2) is 5.78 Å². The third-order valence-electron chi connectivity index (χ3n) is 5.61. The molecule has 0 spiro atoms. The van der Waals surface area contributed by atoms with Crippen LogP contribution in [0.15, 0.2) is 103 Å². The van der Waals surface area contributed by atoms with Crippen molar-refractivity contribution in [3.63, 3.8) is 0 Å². The molecular weight excluding hydrogens is 360 g/mol. The first-order valence-corrected chi connectivity index (χ1v) is 9.58. The lowest BCUT2D eigenvalue weighted by Gasteiger charge is -2.29. The van der Waals surface area contributed by atoms with Crippen LogP contribution in [0.25, 0.3) is 16.5 Å². The molecule has 2 aliphatic rings. The summed E-state index contributed by atoms with van der Waals surface area (Å²) in [6.07, 6.45) is 0. The average Bonchev–Trinajstić information content (AvgIpc) is 3.21. The van der Waals surface area contributed by atoms with Crippen LogP contribution in [0.2, 0.25) is 0 Å². The molecule has 3 nitrogen and oxygen atoms in total. The highest BCUT2D eigenvalue weighted by atomic mass is 16.7. The maximum atomic E-state index is 13.4. The summed E-state index contributed by atoms with van der Waals surface area (Å²) in [4.78, 5) is 13.4. The van der Waals surface area contributed by atoms with Crippen molar-refractivity contribution in [1.82, 2.24) is 0 Å². The van der Waals surface area contributed by atoms with Crippen LogP contribution < -0.4 is 0 Å². The molecule has 0 fully saturated rings. The predicted octanol–water partition coefficient (Wildman–Crippen LogP) is 5.65. The van der Waals surface area contributed by atoms with Crippen molar-refractivity contribution in [2.45, 2.75) is 5.79 Å². The SMILES string of the molecule is O=C1C2=C(OC(c3ccccc3)(c3ccccc3)O2)c2cccc3cccc1c23. The molecule has 6 rings (SSSR count). The molecule has 0 N–H and O–H groups in total. The van der Waals surface area contributed by atoms with Gasteiger partial charge in [-0.25, -0.2) is 0 Å². The van der Waals surface area contributed by atoms with E-state index in [1.54, 1.807) is 0 Å². The second-order valence-corrected chi connectivity index (χ2v) is 7.25. The molecule has 0 saturated carbocycles. The van der Waals surface area contributed by atoms with Gasteiger partial charge in [-0.05, 0) is 5.39 Å². The molecule has 0 amide bonds. The lowest BCUT2D eigenvalue weighted by molar-refractivity contribution is -0.112. The van der Waals surface area contributed by atoms with Gasteiger partial charge < -0.3 is 9.47 Å². The van der Waals surface area contributed by atoms with Crippen LogP contribution >= 0.6 is 0 Å². The zero-order chi connectivity index (χ0) is 19.4. The number of ether oxygens (including phenoxy) is 2. The maximum absolute atomic E-state index is 13.4. The molecule has 0 aromatic heterocycles. The number of rotatable bonds is 2. The third-order valence-corrected chi connectivity index (χ3v) is 5.61. The Hall–Kier alpha value is -3.85. The van der Waals surface area contributed by atoms with Crippen molar-refractivity contribution in [2.75, 3.05) is 0 Å². The molecule has 0 bridgehead atoms. The quantitative estimate of drug-likeness (QED) is 0.453. The monoisotopic (exact) mass is 376 g/mol. The zero-order valence-corrected chi connectivity index (χ0v) is 15.5. The number of hydrogen-bond acceptors (Lipinski definition) is 3. The lowest BCUT2D eigenvalue weighted by atomic mass is 9.90. The van der Waals surface area contributed by atoms with E-state index < -0.39 is 5.79 Å². The van der Waals surface area contributed by atoms with Gasteiger partial charge in [0.1, 0.15) is 0 Å². The molecule has 29 heavy (non-hydrogen) atoms. The number of carbonyl (C=O) groups excluding carboxylic acids is 1. The molecule has 0 radical (unpaired) electrons. The van der Waals surface area contributed by atoms with E-state index in [-0.39, 0.29) is 11.5 Å². The Morgan fingerprint density at radius 3 is 1.72 bits per heavy atom. The van der Waals surface area contributed by atoms with E-state index in [0.29, 0.717) is 11.3 Å². The van der Waals surface area contributed by atoms with Gasteiger partial charge in [-0.1, -0.05) is 97.1 Å². The normalized spacial score (nSPS) is 16.3. The fourth-order valence-corrected chi connectivity index (χ4v) is 4.29. The first-order valence-electron chi connectivity index (χ1n) is 9.58. The van der Waals surface area contributed by atoms with Crippen LogP contribution in [0.4, 0.5) is 0 Å². The van der Waals surface area contributed by atoms with Crippen LogP contribution in [-0.2, 0) is 15.3 Å². The summed E-state index contributed by atoms with van der Waals surface area (Å²) in [5, 5.41) is 1.93. The number of carbonyl (C=O) groups is 1. The van der Waals surface area contributed by atoms with Crippen molar-refractivity contribution < 1.29 is 14.3 Å². The molecule has 3 heteroatoms. The van der Waals surface area contributed by atoms with Gasteiger partial charge in [0.05, 0.1) is 0 Å². The van der Waals surface area contributed by atoms with Crippen LogP contribution in [0, 0.1) is 0 Å². The first-order chi connectivity index (χ1) is 14.3. The van der Waals surface area contributed by atoms with Crippen molar-refractivity contribution in [2.24, 2.45) is 0 Å². The van der Waals surface area contributed by atoms with E-state index >= 15 is 0 Å². The largest absolute Gasteiger partial charge is 0.439 e. The van der Waals surface area contributed by atoms with E-state index in [9.17, 15) is 4.79 Å². The Morgan fingerprint density at radius 1 is 0.552 bits per heavy atom. The van der Waals surface area contributed by atoms with Crippen LogP contribution in [0.5, 0.6) is 0 Å². The fourth-order valence-electron chi connectivity index (χ4n) is 4.29. The molecule has 1 aliphatic carbocycles. The number of hydrogen-bond donors (Lipinski definition) is 0. The molecule has 1 heterocycles. The predicted molar refractivity (Wildman–Crippen MR) is 111 cm³/mol. The van der Waals surface area contributed by atoms with Crippen molar-refractivity contribution >= 4 is 22.3 Å². The average molecular weight is 376 g/mol. The summed E-state index contributed by atoms with van der Waals surface area (Å²) in [6, 6.07) is 31.3. The van der Waals surface area contributed by atoms with Gasteiger partial charge in [-0.15, -0.1) is 0 Å². The van der Waals surface area contributed by atoms with Crippen LogP contribution in [0.3, 0.4) is 0 Å². The highest BCUT2D eigenvalue weighted by Crippen LogP contribution is 2.51. The minimum atomic E-state index is -1.20. The Bertz CT molecular complexity index is 1260. The fraction of sp³-hybridized carbons (Fsp3) is 0.0385. The lowest BCUT2D eigenvalue weighted by Crippen LogP contribution is -2.30. The topological polar surface area (TPSA) is 35.5 Å². The molecule has 1 aliphatic heterocycles. The third kappa shape index (κ3) is 2.15. The molecule has 4 aromatic carbocycles. The molecule has 0 atom stereocenters.